The minimum absolute atomic E-state index is 0.737. The molecule has 4 heteroatoms. The van der Waals surface area contributed by atoms with E-state index in [9.17, 15) is 0 Å². The van der Waals surface area contributed by atoms with Crippen LogP contribution in [0, 0.1) is 0 Å². The van der Waals surface area contributed by atoms with Gasteiger partial charge in [0, 0.05) is 42.4 Å². The second-order valence-corrected chi connectivity index (χ2v) is 5.95. The summed E-state index contributed by atoms with van der Waals surface area (Å²) < 4.78 is 5.70. The lowest BCUT2D eigenvalue weighted by Crippen LogP contribution is -2.39. The predicted molar refractivity (Wildman–Crippen MR) is 74.7 cm³/mol. The van der Waals surface area contributed by atoms with Crippen molar-refractivity contribution in [2.24, 2.45) is 0 Å². The molecule has 0 bridgehead atoms. The summed E-state index contributed by atoms with van der Waals surface area (Å²) in [5.74, 6) is 2.10. The first-order valence-corrected chi connectivity index (χ1v) is 7.11. The van der Waals surface area contributed by atoms with Crippen LogP contribution in [0.15, 0.2) is 24.3 Å². The zero-order valence-corrected chi connectivity index (χ0v) is 11.1. The predicted octanol–water partition coefficient (Wildman–Crippen LogP) is 2.08. The number of nitrogen functional groups attached to an aromatic ring is 1. The number of nitrogens with zero attached hydrogens (tertiary/aromatic N) is 1. The van der Waals surface area contributed by atoms with Crippen LogP contribution in [-0.4, -0.2) is 42.1 Å². The highest BCUT2D eigenvalue weighted by Crippen LogP contribution is 2.18. The SMILES string of the molecule is CC1CN(CCOc2cccc(N)c2)CCS1. The summed E-state index contributed by atoms with van der Waals surface area (Å²) in [5.41, 5.74) is 6.45. The summed E-state index contributed by atoms with van der Waals surface area (Å²) in [6.07, 6.45) is 0. The van der Waals surface area contributed by atoms with Gasteiger partial charge in [-0.15, -0.1) is 0 Å². The molecule has 1 atom stereocenters. The molecule has 0 spiro atoms. The van der Waals surface area contributed by atoms with E-state index >= 15 is 0 Å². The summed E-state index contributed by atoms with van der Waals surface area (Å²) in [4.78, 5) is 2.47. The Morgan fingerprint density at radius 3 is 3.18 bits per heavy atom. The van der Waals surface area contributed by atoms with Crippen LogP contribution in [0.3, 0.4) is 0 Å². The monoisotopic (exact) mass is 252 g/mol. The van der Waals surface area contributed by atoms with Crippen LogP contribution < -0.4 is 10.5 Å². The molecule has 1 aromatic carbocycles. The number of hydrogen-bond donors (Lipinski definition) is 1. The topological polar surface area (TPSA) is 38.5 Å². The van der Waals surface area contributed by atoms with Crippen molar-refractivity contribution in [2.45, 2.75) is 12.2 Å². The van der Waals surface area contributed by atoms with Crippen molar-refractivity contribution in [3.05, 3.63) is 24.3 Å². The molecule has 1 aromatic rings. The van der Waals surface area contributed by atoms with Crippen LogP contribution in [0.25, 0.3) is 0 Å². The second-order valence-electron chi connectivity index (χ2n) is 4.40. The van der Waals surface area contributed by atoms with Gasteiger partial charge in [-0.05, 0) is 12.1 Å². The maximum atomic E-state index is 5.70. The smallest absolute Gasteiger partial charge is 0.121 e. The highest BCUT2D eigenvalue weighted by Gasteiger charge is 2.15. The van der Waals surface area contributed by atoms with E-state index in [0.29, 0.717) is 0 Å². The molecule has 1 fully saturated rings. The summed E-state index contributed by atoms with van der Waals surface area (Å²) in [6, 6.07) is 7.61. The fraction of sp³-hybridized carbons (Fsp3) is 0.538. The third-order valence-corrected chi connectivity index (χ3v) is 4.00. The third-order valence-electron chi connectivity index (χ3n) is 2.86. The summed E-state index contributed by atoms with van der Waals surface area (Å²) in [7, 11) is 0. The van der Waals surface area contributed by atoms with Crippen molar-refractivity contribution in [1.29, 1.82) is 0 Å². The first-order chi connectivity index (χ1) is 8.24. The first kappa shape index (κ1) is 12.6. The molecule has 1 aliphatic heterocycles. The van der Waals surface area contributed by atoms with Crippen molar-refractivity contribution in [1.82, 2.24) is 4.90 Å². The van der Waals surface area contributed by atoms with E-state index in [-0.39, 0.29) is 0 Å². The van der Waals surface area contributed by atoms with Crippen molar-refractivity contribution in [2.75, 3.05) is 37.7 Å². The van der Waals surface area contributed by atoms with Crippen molar-refractivity contribution in [3.8, 4) is 5.75 Å². The second kappa shape index (κ2) is 6.17. The van der Waals surface area contributed by atoms with Gasteiger partial charge in [-0.25, -0.2) is 0 Å². The Morgan fingerprint density at radius 2 is 2.41 bits per heavy atom. The number of ether oxygens (including phenoxy) is 1. The summed E-state index contributed by atoms with van der Waals surface area (Å²) in [5, 5.41) is 0.746. The van der Waals surface area contributed by atoms with Crippen LogP contribution in [0.5, 0.6) is 5.75 Å². The van der Waals surface area contributed by atoms with E-state index in [0.717, 1.165) is 29.8 Å². The molecule has 3 nitrogen and oxygen atoms in total. The maximum Gasteiger partial charge on any atom is 0.121 e. The van der Waals surface area contributed by atoms with Gasteiger partial charge in [0.1, 0.15) is 12.4 Å². The molecule has 1 saturated heterocycles. The van der Waals surface area contributed by atoms with Gasteiger partial charge in [-0.2, -0.15) is 11.8 Å². The Bertz CT molecular complexity index is 359. The average Bonchev–Trinajstić information content (AvgIpc) is 2.29. The van der Waals surface area contributed by atoms with E-state index in [4.69, 9.17) is 10.5 Å². The van der Waals surface area contributed by atoms with Crippen LogP contribution in [0.1, 0.15) is 6.92 Å². The van der Waals surface area contributed by atoms with Gasteiger partial charge in [0.25, 0.3) is 0 Å². The van der Waals surface area contributed by atoms with Crippen molar-refractivity contribution < 1.29 is 4.74 Å². The fourth-order valence-corrected chi connectivity index (χ4v) is 3.07. The van der Waals surface area contributed by atoms with Crippen LogP contribution in [0.2, 0.25) is 0 Å². The fourth-order valence-electron chi connectivity index (χ4n) is 1.99. The Hall–Kier alpha value is -0.870. The van der Waals surface area contributed by atoms with Gasteiger partial charge < -0.3 is 10.5 Å². The van der Waals surface area contributed by atoms with E-state index < -0.39 is 0 Å². The molecule has 94 valence electrons. The van der Waals surface area contributed by atoms with E-state index in [2.05, 4.69) is 23.6 Å². The van der Waals surface area contributed by atoms with Gasteiger partial charge in [-0.3, -0.25) is 4.90 Å². The Morgan fingerprint density at radius 1 is 1.53 bits per heavy atom. The number of rotatable bonds is 4. The number of hydrogen-bond acceptors (Lipinski definition) is 4. The van der Waals surface area contributed by atoms with Gasteiger partial charge in [0.15, 0.2) is 0 Å². The number of nitrogens with two attached hydrogens (primary N) is 1. The van der Waals surface area contributed by atoms with E-state index in [1.54, 1.807) is 0 Å². The molecule has 0 amide bonds. The summed E-state index contributed by atoms with van der Waals surface area (Å²) in [6.45, 7) is 6.37. The summed E-state index contributed by atoms with van der Waals surface area (Å²) >= 11 is 2.05. The number of anilines is 1. The lowest BCUT2D eigenvalue weighted by molar-refractivity contribution is 0.215. The van der Waals surface area contributed by atoms with E-state index in [1.807, 2.05) is 24.3 Å². The number of thioether (sulfide) groups is 1. The van der Waals surface area contributed by atoms with Gasteiger partial charge in [0.05, 0.1) is 0 Å². The van der Waals surface area contributed by atoms with Gasteiger partial charge in [0.2, 0.25) is 0 Å². The molecule has 0 aromatic heterocycles. The third kappa shape index (κ3) is 4.13. The molecule has 1 heterocycles. The molecule has 0 saturated carbocycles. The largest absolute Gasteiger partial charge is 0.492 e. The molecule has 1 unspecified atom stereocenters. The molecule has 1 aliphatic rings. The molecule has 0 aliphatic carbocycles. The first-order valence-electron chi connectivity index (χ1n) is 6.06. The molecule has 0 radical (unpaired) electrons. The minimum atomic E-state index is 0.737. The van der Waals surface area contributed by atoms with Gasteiger partial charge >= 0.3 is 0 Å². The van der Waals surface area contributed by atoms with Crippen molar-refractivity contribution in [3.63, 3.8) is 0 Å². The highest BCUT2D eigenvalue weighted by atomic mass is 32.2. The standard InChI is InChI=1S/C13H20N2OS/c1-11-10-15(6-8-17-11)5-7-16-13-4-2-3-12(14)9-13/h2-4,9,11H,5-8,10,14H2,1H3. The number of benzene rings is 1. The highest BCUT2D eigenvalue weighted by molar-refractivity contribution is 7.99. The lowest BCUT2D eigenvalue weighted by Gasteiger charge is -2.30. The Labute approximate surface area is 107 Å². The maximum absolute atomic E-state index is 5.70. The van der Waals surface area contributed by atoms with Crippen LogP contribution >= 0.6 is 11.8 Å². The van der Waals surface area contributed by atoms with E-state index in [1.165, 1.54) is 18.8 Å². The lowest BCUT2D eigenvalue weighted by atomic mass is 10.3. The van der Waals surface area contributed by atoms with Crippen LogP contribution in [0.4, 0.5) is 5.69 Å². The zero-order chi connectivity index (χ0) is 12.1. The zero-order valence-electron chi connectivity index (χ0n) is 10.3. The van der Waals surface area contributed by atoms with Crippen molar-refractivity contribution >= 4 is 17.4 Å². The average molecular weight is 252 g/mol. The molecule has 17 heavy (non-hydrogen) atoms. The molecule has 2 N–H and O–H groups in total. The molecular weight excluding hydrogens is 232 g/mol. The quantitative estimate of drug-likeness (QED) is 0.833. The Kier molecular flexibility index (Phi) is 4.57. The normalized spacial score (nSPS) is 21.4. The van der Waals surface area contributed by atoms with Gasteiger partial charge in [-0.1, -0.05) is 13.0 Å². The Balaban J connectivity index is 1.72. The minimum Gasteiger partial charge on any atom is -0.492 e. The van der Waals surface area contributed by atoms with Crippen LogP contribution in [-0.2, 0) is 0 Å². The molecular formula is C13H20N2OS. The molecule has 2 rings (SSSR count).